The molecule has 0 aromatic carbocycles. The van der Waals surface area contributed by atoms with Crippen LogP contribution >= 0.6 is 11.6 Å². The zero-order valence-corrected chi connectivity index (χ0v) is 8.58. The van der Waals surface area contributed by atoms with E-state index in [1.165, 1.54) is 0 Å². The molecule has 0 rings (SSSR count). The van der Waals surface area contributed by atoms with E-state index in [2.05, 4.69) is 5.32 Å². The van der Waals surface area contributed by atoms with Crippen molar-refractivity contribution in [2.45, 2.75) is 37.7 Å². The molecule has 0 heterocycles. The van der Waals surface area contributed by atoms with Crippen LogP contribution in [0.3, 0.4) is 0 Å². The van der Waals surface area contributed by atoms with Gasteiger partial charge in [0.1, 0.15) is 0 Å². The number of amides is 1. The van der Waals surface area contributed by atoms with Gasteiger partial charge in [0, 0.05) is 18.3 Å². The Bertz CT molecular complexity index is 182. The van der Waals surface area contributed by atoms with Crippen LogP contribution in [0.4, 0.5) is 13.2 Å². The summed E-state index contributed by atoms with van der Waals surface area (Å²) in [6, 6.07) is 0. The van der Waals surface area contributed by atoms with Gasteiger partial charge in [-0.1, -0.05) is 0 Å². The largest absolute Gasteiger partial charge is 0.389 e. The summed E-state index contributed by atoms with van der Waals surface area (Å²) in [5.74, 6) is -0.584. The van der Waals surface area contributed by atoms with Crippen LogP contribution in [0.2, 0.25) is 0 Å². The van der Waals surface area contributed by atoms with Gasteiger partial charge in [0.05, 0.1) is 6.42 Å². The molecule has 0 saturated carbocycles. The standard InChI is InChI=1S/C8H13ClF3NO/c1-6(9)3-5-13-7(14)2-4-8(10,11)12/h6H,2-5H2,1H3,(H,13,14). The molecular weight excluding hydrogens is 219 g/mol. The van der Waals surface area contributed by atoms with Gasteiger partial charge in [-0.15, -0.1) is 11.6 Å². The predicted molar refractivity (Wildman–Crippen MR) is 48.2 cm³/mol. The van der Waals surface area contributed by atoms with E-state index in [9.17, 15) is 18.0 Å². The fourth-order valence-corrected chi connectivity index (χ4v) is 0.863. The van der Waals surface area contributed by atoms with Crippen molar-refractivity contribution < 1.29 is 18.0 Å². The molecule has 0 fully saturated rings. The number of hydrogen-bond acceptors (Lipinski definition) is 1. The van der Waals surface area contributed by atoms with Crippen molar-refractivity contribution in [3.8, 4) is 0 Å². The molecule has 14 heavy (non-hydrogen) atoms. The maximum Gasteiger partial charge on any atom is 0.389 e. The molecule has 0 aromatic heterocycles. The monoisotopic (exact) mass is 231 g/mol. The predicted octanol–water partition coefficient (Wildman–Crippen LogP) is 2.46. The Balaban J connectivity index is 3.47. The smallest absolute Gasteiger partial charge is 0.356 e. The highest BCUT2D eigenvalue weighted by Crippen LogP contribution is 2.20. The Morgan fingerprint density at radius 1 is 1.50 bits per heavy atom. The lowest BCUT2D eigenvalue weighted by atomic mass is 10.2. The molecule has 0 aliphatic rings. The molecule has 0 bridgehead atoms. The van der Waals surface area contributed by atoms with Crippen molar-refractivity contribution in [1.82, 2.24) is 5.32 Å². The van der Waals surface area contributed by atoms with Crippen LogP contribution in [0, 0.1) is 0 Å². The minimum atomic E-state index is -4.27. The topological polar surface area (TPSA) is 29.1 Å². The van der Waals surface area contributed by atoms with E-state index in [4.69, 9.17) is 11.6 Å². The van der Waals surface area contributed by atoms with Crippen LogP contribution in [0.5, 0.6) is 0 Å². The average Bonchev–Trinajstić information content (AvgIpc) is 1.99. The number of hydrogen-bond donors (Lipinski definition) is 1. The summed E-state index contributed by atoms with van der Waals surface area (Å²) >= 11 is 5.58. The van der Waals surface area contributed by atoms with Gasteiger partial charge in [0.25, 0.3) is 0 Å². The van der Waals surface area contributed by atoms with Crippen LogP contribution < -0.4 is 5.32 Å². The second-order valence-corrected chi connectivity index (χ2v) is 3.78. The SMILES string of the molecule is CC(Cl)CCNC(=O)CCC(F)(F)F. The van der Waals surface area contributed by atoms with E-state index in [1.807, 2.05) is 0 Å². The average molecular weight is 232 g/mol. The molecule has 2 nitrogen and oxygen atoms in total. The molecule has 0 aliphatic carbocycles. The highest BCUT2D eigenvalue weighted by molar-refractivity contribution is 6.20. The molecule has 1 atom stereocenters. The van der Waals surface area contributed by atoms with E-state index in [0.29, 0.717) is 13.0 Å². The molecule has 0 spiro atoms. The maximum absolute atomic E-state index is 11.7. The van der Waals surface area contributed by atoms with Crippen molar-refractivity contribution in [3.63, 3.8) is 0 Å². The molecule has 0 aromatic rings. The molecule has 0 saturated heterocycles. The second-order valence-electron chi connectivity index (χ2n) is 3.03. The summed E-state index contributed by atoms with van der Waals surface area (Å²) in [5, 5.41) is 2.28. The van der Waals surface area contributed by atoms with Crippen molar-refractivity contribution in [2.24, 2.45) is 0 Å². The van der Waals surface area contributed by atoms with Gasteiger partial charge in [0.15, 0.2) is 0 Å². The van der Waals surface area contributed by atoms with Crippen LogP contribution in [0.25, 0.3) is 0 Å². The van der Waals surface area contributed by atoms with E-state index in [1.54, 1.807) is 6.92 Å². The third-order valence-electron chi connectivity index (χ3n) is 1.50. The maximum atomic E-state index is 11.7. The molecular formula is C8H13ClF3NO. The van der Waals surface area contributed by atoms with E-state index in [-0.39, 0.29) is 5.38 Å². The Hall–Kier alpha value is -0.450. The quantitative estimate of drug-likeness (QED) is 0.724. The van der Waals surface area contributed by atoms with Crippen molar-refractivity contribution in [1.29, 1.82) is 0 Å². The highest BCUT2D eigenvalue weighted by atomic mass is 35.5. The van der Waals surface area contributed by atoms with Crippen LogP contribution in [-0.4, -0.2) is 24.0 Å². The first-order valence-electron chi connectivity index (χ1n) is 4.29. The summed E-state index contributed by atoms with van der Waals surface area (Å²) in [4.78, 5) is 10.8. The molecule has 1 N–H and O–H groups in total. The minimum absolute atomic E-state index is 0.0853. The Kier molecular flexibility index (Phi) is 5.92. The van der Waals surface area contributed by atoms with Gasteiger partial charge in [0.2, 0.25) is 5.91 Å². The number of carbonyl (C=O) groups is 1. The fraction of sp³-hybridized carbons (Fsp3) is 0.875. The van der Waals surface area contributed by atoms with Crippen molar-refractivity contribution in [3.05, 3.63) is 0 Å². The number of nitrogens with one attached hydrogen (secondary N) is 1. The zero-order valence-electron chi connectivity index (χ0n) is 7.83. The summed E-state index contributed by atoms with van der Waals surface area (Å²) in [7, 11) is 0. The molecule has 0 aliphatic heterocycles. The van der Waals surface area contributed by atoms with Crippen molar-refractivity contribution in [2.75, 3.05) is 6.54 Å². The van der Waals surface area contributed by atoms with E-state index < -0.39 is 24.9 Å². The Morgan fingerprint density at radius 3 is 2.50 bits per heavy atom. The second kappa shape index (κ2) is 6.11. The van der Waals surface area contributed by atoms with Gasteiger partial charge in [-0.2, -0.15) is 13.2 Å². The first-order chi connectivity index (χ1) is 6.31. The first-order valence-corrected chi connectivity index (χ1v) is 4.72. The van der Waals surface area contributed by atoms with Gasteiger partial charge in [-0.25, -0.2) is 0 Å². The lowest BCUT2D eigenvalue weighted by Crippen LogP contribution is -2.26. The molecule has 84 valence electrons. The van der Waals surface area contributed by atoms with Crippen molar-refractivity contribution >= 4 is 17.5 Å². The summed E-state index contributed by atoms with van der Waals surface area (Å²) < 4.78 is 35.0. The first kappa shape index (κ1) is 13.5. The Morgan fingerprint density at radius 2 is 2.07 bits per heavy atom. The van der Waals surface area contributed by atoms with Crippen LogP contribution in [0.15, 0.2) is 0 Å². The minimum Gasteiger partial charge on any atom is -0.356 e. The highest BCUT2D eigenvalue weighted by Gasteiger charge is 2.27. The fourth-order valence-electron chi connectivity index (χ4n) is 0.754. The number of rotatable bonds is 5. The number of alkyl halides is 4. The third kappa shape index (κ3) is 9.64. The lowest BCUT2D eigenvalue weighted by molar-refractivity contribution is -0.144. The summed E-state index contributed by atoms with van der Waals surface area (Å²) in [5.41, 5.74) is 0. The Labute approximate surface area is 85.8 Å². The van der Waals surface area contributed by atoms with Crippen LogP contribution in [0.1, 0.15) is 26.2 Å². The summed E-state index contributed by atoms with van der Waals surface area (Å²) in [6.07, 6.45) is -5.30. The molecule has 1 amide bonds. The van der Waals surface area contributed by atoms with Gasteiger partial charge in [-0.05, 0) is 13.3 Å². The summed E-state index contributed by atoms with van der Waals surface area (Å²) in [6.45, 7) is 2.07. The van der Waals surface area contributed by atoms with Gasteiger partial charge < -0.3 is 5.32 Å². The van der Waals surface area contributed by atoms with E-state index in [0.717, 1.165) is 0 Å². The molecule has 6 heteroatoms. The third-order valence-corrected chi connectivity index (χ3v) is 1.72. The normalized spacial score (nSPS) is 13.8. The number of carbonyl (C=O) groups excluding carboxylic acids is 1. The van der Waals surface area contributed by atoms with Gasteiger partial charge >= 0.3 is 6.18 Å². The van der Waals surface area contributed by atoms with Gasteiger partial charge in [-0.3, -0.25) is 4.79 Å². The van der Waals surface area contributed by atoms with Crippen LogP contribution in [-0.2, 0) is 4.79 Å². The molecule has 1 unspecified atom stereocenters. The van der Waals surface area contributed by atoms with E-state index >= 15 is 0 Å². The molecule has 0 radical (unpaired) electrons. The zero-order chi connectivity index (χ0) is 11.2. The lowest BCUT2D eigenvalue weighted by Gasteiger charge is -2.07. The number of halogens is 4.